The Balaban J connectivity index is 1.24. The molecule has 1 amide bonds. The van der Waals surface area contributed by atoms with Gasteiger partial charge >= 0.3 is 0 Å². The topological polar surface area (TPSA) is 39.7 Å². The van der Waals surface area contributed by atoms with Crippen LogP contribution in [0.1, 0.15) is 17.5 Å². The molecular formula is C20H24N4O. The van der Waals surface area contributed by atoms with Crippen molar-refractivity contribution in [1.29, 1.82) is 0 Å². The lowest BCUT2D eigenvalue weighted by atomic mass is 10.1. The largest absolute Gasteiger partial charge is 0.353 e. The molecule has 25 heavy (non-hydrogen) atoms. The van der Waals surface area contributed by atoms with Gasteiger partial charge in [-0.15, -0.1) is 0 Å². The molecular weight excluding hydrogens is 312 g/mol. The summed E-state index contributed by atoms with van der Waals surface area (Å²) in [6.07, 6.45) is 2.43. The van der Waals surface area contributed by atoms with Crippen LogP contribution in [0.2, 0.25) is 0 Å². The molecule has 1 saturated heterocycles. The molecule has 3 heterocycles. The quantitative estimate of drug-likeness (QED) is 0.858. The molecule has 4 rings (SSSR count). The van der Waals surface area contributed by atoms with E-state index in [1.165, 1.54) is 11.1 Å². The van der Waals surface area contributed by atoms with Crippen LogP contribution in [0.3, 0.4) is 0 Å². The summed E-state index contributed by atoms with van der Waals surface area (Å²) in [4.78, 5) is 23.6. The number of fused-ring (bicyclic) bond motifs is 1. The summed E-state index contributed by atoms with van der Waals surface area (Å²) in [5.74, 6) is 1.28. The third-order valence-electron chi connectivity index (χ3n) is 5.15. The lowest BCUT2D eigenvalue weighted by Gasteiger charge is -2.35. The maximum atomic E-state index is 12.5. The highest BCUT2D eigenvalue weighted by atomic mass is 16.2. The van der Waals surface area contributed by atoms with E-state index in [2.05, 4.69) is 39.0 Å². The van der Waals surface area contributed by atoms with Crippen molar-refractivity contribution in [3.63, 3.8) is 0 Å². The highest BCUT2D eigenvalue weighted by Crippen LogP contribution is 2.22. The molecule has 0 bridgehead atoms. The molecule has 0 saturated carbocycles. The van der Waals surface area contributed by atoms with Crippen molar-refractivity contribution >= 4 is 11.7 Å². The zero-order chi connectivity index (χ0) is 17.1. The predicted octanol–water partition coefficient (Wildman–Crippen LogP) is 2.14. The number of hydrogen-bond acceptors (Lipinski definition) is 4. The summed E-state index contributed by atoms with van der Waals surface area (Å²) in [6.45, 7) is 6.07. The number of hydrogen-bond donors (Lipinski definition) is 0. The average Bonchev–Trinajstić information content (AvgIpc) is 3.10. The Bertz CT molecular complexity index is 700. The van der Waals surface area contributed by atoms with E-state index < -0.39 is 0 Å². The second kappa shape index (κ2) is 7.23. The van der Waals surface area contributed by atoms with E-state index in [-0.39, 0.29) is 5.91 Å². The number of aromatic nitrogens is 1. The van der Waals surface area contributed by atoms with Gasteiger partial charge in [-0.2, -0.15) is 0 Å². The summed E-state index contributed by atoms with van der Waals surface area (Å²) in [5.41, 5.74) is 2.80. The van der Waals surface area contributed by atoms with Crippen molar-refractivity contribution in [2.45, 2.75) is 19.5 Å². The van der Waals surface area contributed by atoms with Gasteiger partial charge in [-0.05, 0) is 23.3 Å². The summed E-state index contributed by atoms with van der Waals surface area (Å²) < 4.78 is 0. The minimum absolute atomic E-state index is 0.275. The Morgan fingerprint density at radius 1 is 0.920 bits per heavy atom. The van der Waals surface area contributed by atoms with Crippen molar-refractivity contribution in [1.82, 2.24) is 14.8 Å². The summed E-state index contributed by atoms with van der Waals surface area (Å²) >= 11 is 0. The van der Waals surface area contributed by atoms with Gasteiger partial charge in [0.1, 0.15) is 5.82 Å². The SMILES string of the molecule is O=C(CCN1Cc2ccccc2C1)N1CCN(c2ccccn2)CC1. The fourth-order valence-electron chi connectivity index (χ4n) is 3.70. The number of carbonyl (C=O) groups excluding carboxylic acids is 1. The van der Waals surface area contributed by atoms with Crippen LogP contribution in [0.25, 0.3) is 0 Å². The van der Waals surface area contributed by atoms with Crippen LogP contribution < -0.4 is 4.90 Å². The first kappa shape index (κ1) is 16.1. The molecule has 0 N–H and O–H groups in total. The lowest BCUT2D eigenvalue weighted by molar-refractivity contribution is -0.131. The Kier molecular flexibility index (Phi) is 4.65. The zero-order valence-electron chi connectivity index (χ0n) is 14.5. The van der Waals surface area contributed by atoms with Crippen LogP contribution >= 0.6 is 0 Å². The molecule has 0 unspecified atom stereocenters. The van der Waals surface area contributed by atoms with E-state index in [9.17, 15) is 4.79 Å². The predicted molar refractivity (Wildman–Crippen MR) is 98.2 cm³/mol. The fourth-order valence-corrected chi connectivity index (χ4v) is 3.70. The van der Waals surface area contributed by atoms with Gasteiger partial charge < -0.3 is 9.80 Å². The van der Waals surface area contributed by atoms with E-state index in [4.69, 9.17) is 0 Å². The Labute approximate surface area is 148 Å². The van der Waals surface area contributed by atoms with Gasteiger partial charge in [0, 0.05) is 58.4 Å². The number of anilines is 1. The molecule has 1 aromatic carbocycles. The molecule has 2 aliphatic heterocycles. The van der Waals surface area contributed by atoms with E-state index in [0.717, 1.165) is 51.6 Å². The van der Waals surface area contributed by atoms with Crippen LogP contribution in [0, 0.1) is 0 Å². The molecule has 2 aromatic rings. The number of nitrogens with zero attached hydrogens (tertiary/aromatic N) is 4. The van der Waals surface area contributed by atoms with Crippen LogP contribution in [-0.4, -0.2) is 53.4 Å². The van der Waals surface area contributed by atoms with Crippen LogP contribution in [-0.2, 0) is 17.9 Å². The second-order valence-corrected chi connectivity index (χ2v) is 6.79. The molecule has 2 aliphatic rings. The molecule has 1 fully saturated rings. The number of piperazine rings is 1. The van der Waals surface area contributed by atoms with Gasteiger partial charge in [0.2, 0.25) is 5.91 Å². The number of pyridine rings is 1. The first-order valence-corrected chi connectivity index (χ1v) is 9.02. The van der Waals surface area contributed by atoms with Crippen molar-refractivity contribution in [2.75, 3.05) is 37.6 Å². The first-order chi connectivity index (χ1) is 12.3. The Hall–Kier alpha value is -2.40. The van der Waals surface area contributed by atoms with E-state index in [1.807, 2.05) is 29.3 Å². The van der Waals surface area contributed by atoms with Crippen molar-refractivity contribution < 1.29 is 4.79 Å². The van der Waals surface area contributed by atoms with Gasteiger partial charge in [0.15, 0.2) is 0 Å². The van der Waals surface area contributed by atoms with Crippen molar-refractivity contribution in [2.24, 2.45) is 0 Å². The van der Waals surface area contributed by atoms with Crippen molar-refractivity contribution in [3.05, 3.63) is 59.8 Å². The fraction of sp³-hybridized carbons (Fsp3) is 0.400. The Morgan fingerprint density at radius 2 is 1.60 bits per heavy atom. The number of carbonyl (C=O) groups is 1. The van der Waals surface area contributed by atoms with Gasteiger partial charge in [-0.1, -0.05) is 30.3 Å². The normalized spacial score (nSPS) is 17.6. The molecule has 0 spiro atoms. The Morgan fingerprint density at radius 3 is 2.24 bits per heavy atom. The minimum atomic E-state index is 0.275. The average molecular weight is 336 g/mol. The van der Waals surface area contributed by atoms with Gasteiger partial charge in [0.25, 0.3) is 0 Å². The van der Waals surface area contributed by atoms with E-state index in [0.29, 0.717) is 6.42 Å². The highest BCUT2D eigenvalue weighted by molar-refractivity contribution is 5.76. The maximum absolute atomic E-state index is 12.5. The standard InChI is InChI=1S/C20H24N4O/c25-20(8-10-22-15-17-5-1-2-6-18(17)16-22)24-13-11-23(12-14-24)19-7-3-4-9-21-19/h1-7,9H,8,10-16H2. The summed E-state index contributed by atoms with van der Waals surface area (Å²) in [7, 11) is 0. The maximum Gasteiger partial charge on any atom is 0.223 e. The van der Waals surface area contributed by atoms with E-state index in [1.54, 1.807) is 0 Å². The molecule has 0 radical (unpaired) electrons. The number of benzene rings is 1. The van der Waals surface area contributed by atoms with Crippen LogP contribution in [0.15, 0.2) is 48.7 Å². The molecule has 5 heteroatoms. The highest BCUT2D eigenvalue weighted by Gasteiger charge is 2.23. The van der Waals surface area contributed by atoms with Gasteiger partial charge in [-0.3, -0.25) is 9.69 Å². The number of amides is 1. The minimum Gasteiger partial charge on any atom is -0.353 e. The molecule has 1 aromatic heterocycles. The van der Waals surface area contributed by atoms with Gasteiger partial charge in [-0.25, -0.2) is 4.98 Å². The first-order valence-electron chi connectivity index (χ1n) is 9.02. The van der Waals surface area contributed by atoms with Crippen molar-refractivity contribution in [3.8, 4) is 0 Å². The summed E-state index contributed by atoms with van der Waals surface area (Å²) in [6, 6.07) is 14.5. The van der Waals surface area contributed by atoms with Crippen LogP contribution in [0.5, 0.6) is 0 Å². The monoisotopic (exact) mass is 336 g/mol. The second-order valence-electron chi connectivity index (χ2n) is 6.79. The summed E-state index contributed by atoms with van der Waals surface area (Å²) in [5, 5.41) is 0. The van der Waals surface area contributed by atoms with E-state index >= 15 is 0 Å². The lowest BCUT2D eigenvalue weighted by Crippen LogP contribution is -2.49. The smallest absolute Gasteiger partial charge is 0.223 e. The van der Waals surface area contributed by atoms with Crippen LogP contribution in [0.4, 0.5) is 5.82 Å². The molecule has 0 aliphatic carbocycles. The molecule has 0 atom stereocenters. The number of rotatable bonds is 4. The zero-order valence-corrected chi connectivity index (χ0v) is 14.5. The third kappa shape index (κ3) is 3.66. The van der Waals surface area contributed by atoms with Gasteiger partial charge in [0.05, 0.1) is 0 Å². The molecule has 130 valence electrons. The molecule has 5 nitrogen and oxygen atoms in total. The third-order valence-corrected chi connectivity index (χ3v) is 5.15.